The molecule has 0 atom stereocenters. The van der Waals surface area contributed by atoms with Crippen LogP contribution in [0.3, 0.4) is 0 Å². The molecule has 0 saturated carbocycles. The summed E-state index contributed by atoms with van der Waals surface area (Å²) in [5.41, 5.74) is 2.09. The number of carbonyl (C=O) groups excluding carboxylic acids is 2. The Labute approximate surface area is 178 Å². The first-order chi connectivity index (χ1) is 14.4. The van der Waals surface area contributed by atoms with Crippen molar-refractivity contribution in [2.75, 3.05) is 39.1 Å². The number of ether oxygens (including phenoxy) is 1. The molecule has 0 bridgehead atoms. The number of anilines is 1. The van der Waals surface area contributed by atoms with E-state index in [-0.39, 0.29) is 17.7 Å². The molecule has 160 valence electrons. The van der Waals surface area contributed by atoms with Crippen molar-refractivity contribution in [2.45, 2.75) is 26.3 Å². The van der Waals surface area contributed by atoms with E-state index in [4.69, 9.17) is 4.74 Å². The summed E-state index contributed by atoms with van der Waals surface area (Å²) in [5, 5.41) is 2.90. The molecule has 0 radical (unpaired) electrons. The van der Waals surface area contributed by atoms with Crippen LogP contribution in [0.15, 0.2) is 42.6 Å². The average molecular weight is 411 g/mol. The smallest absolute Gasteiger partial charge is 0.236 e. The summed E-state index contributed by atoms with van der Waals surface area (Å²) in [7, 11) is 3.45. The molecular formula is C23H30N4O3. The second kappa shape index (κ2) is 10.2. The van der Waals surface area contributed by atoms with Crippen LogP contribution >= 0.6 is 0 Å². The van der Waals surface area contributed by atoms with Gasteiger partial charge in [0.25, 0.3) is 0 Å². The van der Waals surface area contributed by atoms with Gasteiger partial charge in [-0.1, -0.05) is 18.2 Å². The zero-order valence-electron chi connectivity index (χ0n) is 17.9. The number of rotatable bonds is 7. The van der Waals surface area contributed by atoms with Crippen LogP contribution in [0.2, 0.25) is 0 Å². The molecule has 1 aliphatic heterocycles. The van der Waals surface area contributed by atoms with Gasteiger partial charge in [-0.25, -0.2) is 4.98 Å². The Bertz CT molecular complexity index is 861. The molecular weight excluding hydrogens is 380 g/mol. The van der Waals surface area contributed by atoms with Crippen LogP contribution < -0.4 is 10.1 Å². The molecule has 0 aliphatic carbocycles. The maximum absolute atomic E-state index is 12.6. The third-order valence-electron chi connectivity index (χ3n) is 5.46. The molecule has 7 nitrogen and oxygen atoms in total. The molecule has 2 aromatic rings. The van der Waals surface area contributed by atoms with Gasteiger partial charge in [0.2, 0.25) is 11.8 Å². The highest BCUT2D eigenvalue weighted by Gasteiger charge is 2.26. The van der Waals surface area contributed by atoms with Crippen LogP contribution in [0.1, 0.15) is 24.0 Å². The fraction of sp³-hybridized carbons (Fsp3) is 0.435. The fourth-order valence-electron chi connectivity index (χ4n) is 3.57. The van der Waals surface area contributed by atoms with Crippen LogP contribution in [0.25, 0.3) is 0 Å². The molecule has 0 spiro atoms. The van der Waals surface area contributed by atoms with E-state index >= 15 is 0 Å². The molecule has 1 saturated heterocycles. The summed E-state index contributed by atoms with van der Waals surface area (Å²) in [4.78, 5) is 33.2. The van der Waals surface area contributed by atoms with Crippen LogP contribution in [0, 0.1) is 12.8 Å². The van der Waals surface area contributed by atoms with Crippen molar-refractivity contribution in [3.63, 3.8) is 0 Å². The number of benzene rings is 1. The van der Waals surface area contributed by atoms with E-state index < -0.39 is 0 Å². The summed E-state index contributed by atoms with van der Waals surface area (Å²) < 4.78 is 5.24. The van der Waals surface area contributed by atoms with E-state index in [9.17, 15) is 9.59 Å². The van der Waals surface area contributed by atoms with Crippen molar-refractivity contribution in [1.29, 1.82) is 0 Å². The number of pyridine rings is 1. The number of likely N-dealkylation sites (N-methyl/N-ethyl adjacent to an activating group) is 1. The van der Waals surface area contributed by atoms with Crippen molar-refractivity contribution in [3.05, 3.63) is 53.7 Å². The molecule has 0 unspecified atom stereocenters. The van der Waals surface area contributed by atoms with E-state index in [1.165, 1.54) is 0 Å². The summed E-state index contributed by atoms with van der Waals surface area (Å²) >= 11 is 0. The summed E-state index contributed by atoms with van der Waals surface area (Å²) in [6.45, 7) is 4.34. The van der Waals surface area contributed by atoms with Crippen molar-refractivity contribution in [2.24, 2.45) is 5.92 Å². The number of hydrogen-bond acceptors (Lipinski definition) is 5. The minimum Gasteiger partial charge on any atom is -0.497 e. The van der Waals surface area contributed by atoms with E-state index in [0.29, 0.717) is 18.9 Å². The Morgan fingerprint density at radius 1 is 1.23 bits per heavy atom. The van der Waals surface area contributed by atoms with Gasteiger partial charge >= 0.3 is 0 Å². The number of methoxy groups -OCH3 is 1. The number of amides is 2. The first-order valence-corrected chi connectivity index (χ1v) is 10.3. The standard InChI is InChI=1S/C23H30N4O3/c1-17-7-8-21(24-14-17)25-23(29)19-9-11-27(12-10-19)16-22(28)26(2)15-18-5-4-6-20(13-18)30-3/h4-8,13-14,19H,9-12,15-16H2,1-3H3,(H,24,25,29). The molecule has 3 rings (SSSR count). The third-order valence-corrected chi connectivity index (χ3v) is 5.46. The Morgan fingerprint density at radius 2 is 2.00 bits per heavy atom. The lowest BCUT2D eigenvalue weighted by molar-refractivity contribution is -0.132. The highest BCUT2D eigenvalue weighted by Crippen LogP contribution is 2.19. The molecule has 1 fully saturated rings. The molecule has 2 amide bonds. The van der Waals surface area contributed by atoms with Gasteiger partial charge in [-0.2, -0.15) is 0 Å². The Kier molecular flexibility index (Phi) is 7.41. The van der Waals surface area contributed by atoms with Gasteiger partial charge < -0.3 is 15.0 Å². The molecule has 1 aromatic carbocycles. The van der Waals surface area contributed by atoms with Crippen LogP contribution in [0.4, 0.5) is 5.82 Å². The van der Waals surface area contributed by atoms with Gasteiger partial charge in [0.05, 0.1) is 13.7 Å². The summed E-state index contributed by atoms with van der Waals surface area (Å²) in [6.07, 6.45) is 3.22. The van der Waals surface area contributed by atoms with Crippen molar-refractivity contribution in [3.8, 4) is 5.75 Å². The quantitative estimate of drug-likeness (QED) is 0.760. The van der Waals surface area contributed by atoms with Crippen molar-refractivity contribution in [1.82, 2.24) is 14.8 Å². The first-order valence-electron chi connectivity index (χ1n) is 10.3. The van der Waals surface area contributed by atoms with Gasteiger partial charge in [-0.15, -0.1) is 0 Å². The maximum Gasteiger partial charge on any atom is 0.236 e. The lowest BCUT2D eigenvalue weighted by Crippen LogP contribution is -2.43. The van der Waals surface area contributed by atoms with Gasteiger partial charge in [0.1, 0.15) is 11.6 Å². The molecule has 2 heterocycles. The molecule has 30 heavy (non-hydrogen) atoms. The first kappa shape index (κ1) is 21.8. The second-order valence-corrected chi connectivity index (χ2v) is 7.86. The predicted molar refractivity (Wildman–Crippen MR) is 116 cm³/mol. The zero-order chi connectivity index (χ0) is 21.5. The summed E-state index contributed by atoms with van der Waals surface area (Å²) in [5.74, 6) is 1.41. The summed E-state index contributed by atoms with van der Waals surface area (Å²) in [6, 6.07) is 11.5. The van der Waals surface area contributed by atoms with Gasteiger partial charge in [-0.3, -0.25) is 14.5 Å². The number of aryl methyl sites for hydroxylation is 1. The van der Waals surface area contributed by atoms with E-state index in [1.807, 2.05) is 50.4 Å². The largest absolute Gasteiger partial charge is 0.497 e. The van der Waals surface area contributed by atoms with Crippen molar-refractivity contribution < 1.29 is 14.3 Å². The zero-order valence-corrected chi connectivity index (χ0v) is 17.9. The van der Waals surface area contributed by atoms with E-state index in [0.717, 1.165) is 42.8 Å². The van der Waals surface area contributed by atoms with Crippen LogP contribution in [-0.2, 0) is 16.1 Å². The molecule has 1 aromatic heterocycles. The highest BCUT2D eigenvalue weighted by molar-refractivity contribution is 5.91. The number of likely N-dealkylation sites (tertiary alicyclic amines) is 1. The average Bonchev–Trinajstić information content (AvgIpc) is 2.76. The molecule has 1 aliphatic rings. The predicted octanol–water partition coefficient (Wildman–Crippen LogP) is 2.71. The molecule has 7 heteroatoms. The normalized spacial score (nSPS) is 14.9. The lowest BCUT2D eigenvalue weighted by Gasteiger charge is -2.31. The second-order valence-electron chi connectivity index (χ2n) is 7.86. The SMILES string of the molecule is COc1cccc(CN(C)C(=O)CN2CCC(C(=O)Nc3ccc(C)cn3)CC2)c1. The van der Waals surface area contributed by atoms with Gasteiger partial charge in [-0.05, 0) is 62.2 Å². The highest BCUT2D eigenvalue weighted by atomic mass is 16.5. The minimum absolute atomic E-state index is 0.00692. The number of aromatic nitrogens is 1. The number of hydrogen-bond donors (Lipinski definition) is 1. The number of nitrogens with zero attached hydrogens (tertiary/aromatic N) is 3. The number of piperidine rings is 1. The van der Waals surface area contributed by atoms with Crippen molar-refractivity contribution >= 4 is 17.6 Å². The van der Waals surface area contributed by atoms with Gasteiger partial charge in [0.15, 0.2) is 0 Å². The lowest BCUT2D eigenvalue weighted by atomic mass is 9.96. The van der Waals surface area contributed by atoms with E-state index in [1.54, 1.807) is 18.2 Å². The van der Waals surface area contributed by atoms with Crippen LogP contribution in [-0.4, -0.2) is 60.4 Å². The van der Waals surface area contributed by atoms with E-state index in [2.05, 4.69) is 15.2 Å². The fourth-order valence-corrected chi connectivity index (χ4v) is 3.57. The van der Waals surface area contributed by atoms with Crippen LogP contribution in [0.5, 0.6) is 5.75 Å². The monoisotopic (exact) mass is 410 g/mol. The topological polar surface area (TPSA) is 74.8 Å². The third kappa shape index (κ3) is 6.03. The number of nitrogens with one attached hydrogen (secondary N) is 1. The minimum atomic E-state index is -0.0473. The Morgan fingerprint density at radius 3 is 2.67 bits per heavy atom. The molecule has 1 N–H and O–H groups in total. The maximum atomic E-state index is 12.6. The van der Waals surface area contributed by atoms with Gasteiger partial charge in [0, 0.05) is 25.7 Å². The number of carbonyl (C=O) groups is 2. The Hall–Kier alpha value is -2.93. The Balaban J connectivity index is 1.43.